The highest BCUT2D eigenvalue weighted by Gasteiger charge is 2.10. The van der Waals surface area contributed by atoms with E-state index in [1.165, 1.54) is 22.7 Å². The Labute approximate surface area is 93.2 Å². The lowest BCUT2D eigenvalue weighted by Gasteiger charge is -1.91. The fourth-order valence-corrected chi connectivity index (χ4v) is 2.55. The molecule has 1 amide bonds. The second-order valence-electron chi connectivity index (χ2n) is 2.68. The van der Waals surface area contributed by atoms with Crippen LogP contribution in [0.2, 0.25) is 0 Å². The van der Waals surface area contributed by atoms with Crippen molar-refractivity contribution in [3.63, 3.8) is 0 Å². The van der Waals surface area contributed by atoms with Crippen molar-refractivity contribution < 1.29 is 10.0 Å². The third kappa shape index (κ3) is 1.99. The van der Waals surface area contributed by atoms with Gasteiger partial charge in [0.05, 0.1) is 15.4 Å². The SMILES string of the molecule is Nc1nc(-c2ccc(C(=O)NO)s2)cs1. The van der Waals surface area contributed by atoms with Crippen molar-refractivity contribution in [3.8, 4) is 10.6 Å². The Morgan fingerprint density at radius 1 is 1.53 bits per heavy atom. The number of nitrogens with two attached hydrogens (primary N) is 1. The van der Waals surface area contributed by atoms with Gasteiger partial charge in [0.15, 0.2) is 5.13 Å². The number of carbonyl (C=O) groups is 1. The number of rotatable bonds is 2. The quantitative estimate of drug-likeness (QED) is 0.550. The van der Waals surface area contributed by atoms with Crippen molar-refractivity contribution in [2.24, 2.45) is 0 Å². The van der Waals surface area contributed by atoms with Gasteiger partial charge in [0.2, 0.25) is 0 Å². The fourth-order valence-electron chi connectivity index (χ4n) is 1.05. The average molecular weight is 241 g/mol. The highest BCUT2D eigenvalue weighted by atomic mass is 32.1. The van der Waals surface area contributed by atoms with E-state index in [1.807, 2.05) is 5.38 Å². The number of thiophene rings is 1. The van der Waals surface area contributed by atoms with E-state index in [2.05, 4.69) is 4.98 Å². The highest BCUT2D eigenvalue weighted by Crippen LogP contribution is 2.29. The molecule has 0 fully saturated rings. The summed E-state index contributed by atoms with van der Waals surface area (Å²) in [7, 11) is 0. The van der Waals surface area contributed by atoms with Gasteiger partial charge in [-0.25, -0.2) is 10.5 Å². The van der Waals surface area contributed by atoms with Gasteiger partial charge in [-0.1, -0.05) is 0 Å². The molecule has 0 aromatic carbocycles. The van der Waals surface area contributed by atoms with Gasteiger partial charge in [-0.05, 0) is 12.1 Å². The minimum absolute atomic E-state index is 0.430. The Balaban J connectivity index is 2.31. The molecule has 2 aromatic heterocycles. The number of nitrogen functional groups attached to an aromatic ring is 1. The summed E-state index contributed by atoms with van der Waals surface area (Å²) >= 11 is 2.59. The molecule has 0 aliphatic heterocycles. The number of nitrogens with one attached hydrogen (secondary N) is 1. The lowest BCUT2D eigenvalue weighted by molar-refractivity contribution is 0.0711. The summed E-state index contributed by atoms with van der Waals surface area (Å²) in [5.41, 5.74) is 7.83. The predicted molar refractivity (Wildman–Crippen MR) is 59.1 cm³/mol. The maximum atomic E-state index is 11.1. The van der Waals surface area contributed by atoms with Crippen LogP contribution in [0.25, 0.3) is 10.6 Å². The van der Waals surface area contributed by atoms with Gasteiger partial charge in [-0.15, -0.1) is 22.7 Å². The van der Waals surface area contributed by atoms with Crippen LogP contribution in [-0.4, -0.2) is 16.1 Å². The van der Waals surface area contributed by atoms with Crippen LogP contribution >= 0.6 is 22.7 Å². The zero-order chi connectivity index (χ0) is 10.8. The van der Waals surface area contributed by atoms with E-state index in [0.29, 0.717) is 10.0 Å². The molecule has 15 heavy (non-hydrogen) atoms. The molecule has 4 N–H and O–H groups in total. The first-order valence-corrected chi connectivity index (χ1v) is 5.66. The highest BCUT2D eigenvalue weighted by molar-refractivity contribution is 7.18. The van der Waals surface area contributed by atoms with Crippen LogP contribution in [0.3, 0.4) is 0 Å². The summed E-state index contributed by atoms with van der Waals surface area (Å²) in [5, 5.41) is 10.8. The van der Waals surface area contributed by atoms with E-state index >= 15 is 0 Å². The van der Waals surface area contributed by atoms with E-state index in [0.717, 1.165) is 10.6 Å². The van der Waals surface area contributed by atoms with Gasteiger partial charge < -0.3 is 5.73 Å². The first-order chi connectivity index (χ1) is 7.20. The topological polar surface area (TPSA) is 88.2 Å². The molecule has 0 radical (unpaired) electrons. The number of carbonyl (C=O) groups excluding carboxylic acids is 1. The monoisotopic (exact) mass is 241 g/mol. The summed E-state index contributed by atoms with van der Waals surface area (Å²) in [5.74, 6) is -0.519. The molecule has 0 unspecified atom stereocenters. The Hall–Kier alpha value is -1.44. The third-order valence-corrected chi connectivity index (χ3v) is 3.49. The minimum Gasteiger partial charge on any atom is -0.375 e. The van der Waals surface area contributed by atoms with Gasteiger partial charge in [-0.3, -0.25) is 10.0 Å². The standard InChI is InChI=1S/C8H7N3O2S2/c9-8-10-4(3-14-8)5-1-2-6(15-5)7(12)11-13/h1-3,13H,(H2,9,10)(H,11,12). The number of amides is 1. The molecule has 0 atom stereocenters. The van der Waals surface area contributed by atoms with Gasteiger partial charge in [0, 0.05) is 5.38 Å². The van der Waals surface area contributed by atoms with Gasteiger partial charge >= 0.3 is 0 Å². The van der Waals surface area contributed by atoms with Gasteiger partial charge in [0.25, 0.3) is 5.91 Å². The summed E-state index contributed by atoms with van der Waals surface area (Å²) in [6, 6.07) is 3.39. The normalized spacial score (nSPS) is 10.2. The molecule has 2 heterocycles. The van der Waals surface area contributed by atoms with Gasteiger partial charge in [-0.2, -0.15) is 0 Å². The Kier molecular flexibility index (Phi) is 2.67. The third-order valence-electron chi connectivity index (χ3n) is 1.71. The summed E-state index contributed by atoms with van der Waals surface area (Å²) < 4.78 is 0. The molecule has 0 saturated carbocycles. The average Bonchev–Trinajstić information content (AvgIpc) is 2.84. The van der Waals surface area contributed by atoms with Crippen LogP contribution in [0.15, 0.2) is 17.5 Å². The smallest absolute Gasteiger partial charge is 0.284 e. The zero-order valence-electron chi connectivity index (χ0n) is 7.43. The first kappa shape index (κ1) is 10.1. The predicted octanol–water partition coefficient (Wildman–Crippen LogP) is 1.57. The molecule has 0 bridgehead atoms. The van der Waals surface area contributed by atoms with Crippen LogP contribution < -0.4 is 11.2 Å². The minimum atomic E-state index is -0.519. The Morgan fingerprint density at radius 3 is 2.93 bits per heavy atom. The molecule has 0 aliphatic carbocycles. The van der Waals surface area contributed by atoms with Crippen molar-refractivity contribution in [3.05, 3.63) is 22.4 Å². The number of anilines is 1. The van der Waals surface area contributed by atoms with E-state index < -0.39 is 5.91 Å². The first-order valence-electron chi connectivity index (χ1n) is 3.96. The van der Waals surface area contributed by atoms with Crippen LogP contribution in [0.1, 0.15) is 9.67 Å². The molecule has 2 aromatic rings. The van der Waals surface area contributed by atoms with Crippen molar-refractivity contribution in [2.75, 3.05) is 5.73 Å². The van der Waals surface area contributed by atoms with Crippen LogP contribution in [-0.2, 0) is 0 Å². The number of aromatic nitrogens is 1. The molecule has 78 valence electrons. The van der Waals surface area contributed by atoms with Crippen LogP contribution in [0, 0.1) is 0 Å². The number of hydrogen-bond donors (Lipinski definition) is 3. The van der Waals surface area contributed by atoms with Crippen LogP contribution in [0.5, 0.6) is 0 Å². The molecular weight excluding hydrogens is 234 g/mol. The molecule has 7 heteroatoms. The molecule has 0 spiro atoms. The Bertz CT molecular complexity index is 492. The van der Waals surface area contributed by atoms with Crippen molar-refractivity contribution in [1.82, 2.24) is 10.5 Å². The lowest BCUT2D eigenvalue weighted by atomic mass is 10.3. The summed E-state index contributed by atoms with van der Waals surface area (Å²) in [4.78, 5) is 16.4. The fraction of sp³-hybridized carbons (Fsp3) is 0. The number of thiazole rings is 1. The van der Waals surface area contributed by atoms with E-state index in [9.17, 15) is 4.79 Å². The second-order valence-corrected chi connectivity index (χ2v) is 4.65. The molecular formula is C8H7N3O2S2. The van der Waals surface area contributed by atoms with Gasteiger partial charge in [0.1, 0.15) is 0 Å². The number of hydrogen-bond acceptors (Lipinski definition) is 6. The maximum absolute atomic E-state index is 11.1. The molecule has 5 nitrogen and oxygen atoms in total. The Morgan fingerprint density at radius 2 is 2.33 bits per heavy atom. The number of hydroxylamine groups is 1. The second kappa shape index (κ2) is 3.97. The van der Waals surface area contributed by atoms with Crippen LogP contribution in [0.4, 0.5) is 5.13 Å². The summed E-state index contributed by atoms with van der Waals surface area (Å²) in [6.45, 7) is 0. The maximum Gasteiger partial charge on any atom is 0.284 e. The van der Waals surface area contributed by atoms with Crippen molar-refractivity contribution in [2.45, 2.75) is 0 Å². The van der Waals surface area contributed by atoms with E-state index in [-0.39, 0.29) is 0 Å². The largest absolute Gasteiger partial charge is 0.375 e. The molecule has 0 aliphatic rings. The van der Waals surface area contributed by atoms with Crippen molar-refractivity contribution >= 4 is 33.7 Å². The van der Waals surface area contributed by atoms with Crippen molar-refractivity contribution in [1.29, 1.82) is 0 Å². The number of nitrogens with zero attached hydrogens (tertiary/aromatic N) is 1. The molecule has 0 saturated heterocycles. The van der Waals surface area contributed by atoms with E-state index in [1.54, 1.807) is 17.6 Å². The summed E-state index contributed by atoms with van der Waals surface area (Å²) in [6.07, 6.45) is 0. The zero-order valence-corrected chi connectivity index (χ0v) is 9.06. The molecule has 2 rings (SSSR count). The van der Waals surface area contributed by atoms with E-state index in [4.69, 9.17) is 10.9 Å². The lowest BCUT2D eigenvalue weighted by Crippen LogP contribution is -2.16.